The van der Waals surface area contributed by atoms with Crippen molar-refractivity contribution in [3.05, 3.63) is 35.9 Å². The van der Waals surface area contributed by atoms with Gasteiger partial charge in [0.15, 0.2) is 0 Å². The summed E-state index contributed by atoms with van der Waals surface area (Å²) in [6, 6.07) is 9.92. The minimum absolute atomic E-state index is 0.166. The molecule has 1 aliphatic rings. The molecule has 0 aromatic heterocycles. The predicted molar refractivity (Wildman–Crippen MR) is 84.1 cm³/mol. The van der Waals surface area contributed by atoms with Crippen LogP contribution in [-0.4, -0.2) is 29.8 Å². The van der Waals surface area contributed by atoms with Crippen LogP contribution < -0.4 is 10.6 Å². The number of benzene rings is 1. The van der Waals surface area contributed by atoms with E-state index in [2.05, 4.69) is 17.6 Å². The second-order valence-corrected chi connectivity index (χ2v) is 6.17. The van der Waals surface area contributed by atoms with Gasteiger partial charge in [0.05, 0.1) is 6.10 Å². The summed E-state index contributed by atoms with van der Waals surface area (Å²) < 4.78 is 0. The number of carbonyl (C=O) groups excluding carboxylic acids is 1. The van der Waals surface area contributed by atoms with Crippen LogP contribution in [-0.2, 0) is 6.42 Å². The summed E-state index contributed by atoms with van der Waals surface area (Å²) in [5.74, 6) is 0.688. The molecule has 3 N–H and O–H groups in total. The monoisotopic (exact) mass is 290 g/mol. The van der Waals surface area contributed by atoms with E-state index in [0.717, 1.165) is 18.4 Å². The summed E-state index contributed by atoms with van der Waals surface area (Å²) in [4.78, 5) is 11.8. The van der Waals surface area contributed by atoms with Gasteiger partial charge in [-0.05, 0) is 24.3 Å². The van der Waals surface area contributed by atoms with Crippen LogP contribution in [0, 0.1) is 5.92 Å². The highest BCUT2D eigenvalue weighted by atomic mass is 16.3. The molecule has 2 rings (SSSR count). The SMILES string of the molecule is CC1CCCC(NC(=O)NCC(O)Cc2ccccc2)C1. The van der Waals surface area contributed by atoms with Crippen LogP contribution in [0.3, 0.4) is 0 Å². The smallest absolute Gasteiger partial charge is 0.315 e. The van der Waals surface area contributed by atoms with Crippen molar-refractivity contribution in [2.24, 2.45) is 5.92 Å². The number of rotatable bonds is 5. The number of amides is 2. The molecule has 0 bridgehead atoms. The van der Waals surface area contributed by atoms with E-state index in [1.54, 1.807) is 0 Å². The number of aliphatic hydroxyl groups is 1. The van der Waals surface area contributed by atoms with Crippen LogP contribution >= 0.6 is 0 Å². The summed E-state index contributed by atoms with van der Waals surface area (Å²) in [5, 5.41) is 15.7. The van der Waals surface area contributed by atoms with E-state index in [-0.39, 0.29) is 18.6 Å². The van der Waals surface area contributed by atoms with E-state index < -0.39 is 6.10 Å². The minimum Gasteiger partial charge on any atom is -0.391 e. The van der Waals surface area contributed by atoms with E-state index in [9.17, 15) is 9.90 Å². The number of hydrogen-bond donors (Lipinski definition) is 3. The molecule has 1 aliphatic carbocycles. The number of aliphatic hydroxyl groups excluding tert-OH is 1. The van der Waals surface area contributed by atoms with E-state index in [0.29, 0.717) is 12.3 Å². The highest BCUT2D eigenvalue weighted by molar-refractivity contribution is 5.74. The van der Waals surface area contributed by atoms with Crippen molar-refractivity contribution in [3.63, 3.8) is 0 Å². The number of urea groups is 1. The molecule has 1 saturated carbocycles. The molecule has 21 heavy (non-hydrogen) atoms. The van der Waals surface area contributed by atoms with Crippen LogP contribution in [0.15, 0.2) is 30.3 Å². The first-order chi connectivity index (χ1) is 10.1. The Kier molecular flexibility index (Phi) is 6.05. The van der Waals surface area contributed by atoms with Gasteiger partial charge in [-0.1, -0.05) is 50.1 Å². The third-order valence-electron chi connectivity index (χ3n) is 4.08. The van der Waals surface area contributed by atoms with E-state index >= 15 is 0 Å². The van der Waals surface area contributed by atoms with Gasteiger partial charge in [-0.15, -0.1) is 0 Å². The normalized spacial score (nSPS) is 23.3. The fraction of sp³-hybridized carbons (Fsp3) is 0.588. The second kappa shape index (κ2) is 8.03. The van der Waals surface area contributed by atoms with E-state index in [4.69, 9.17) is 0 Å². The highest BCUT2D eigenvalue weighted by Gasteiger charge is 2.20. The average molecular weight is 290 g/mol. The lowest BCUT2D eigenvalue weighted by Gasteiger charge is -2.27. The number of hydrogen-bond acceptors (Lipinski definition) is 2. The number of nitrogens with one attached hydrogen (secondary N) is 2. The summed E-state index contributed by atoms with van der Waals surface area (Å²) >= 11 is 0. The van der Waals surface area contributed by atoms with Gasteiger partial charge in [0.25, 0.3) is 0 Å². The quantitative estimate of drug-likeness (QED) is 0.780. The Morgan fingerprint density at radius 3 is 2.81 bits per heavy atom. The highest BCUT2D eigenvalue weighted by Crippen LogP contribution is 2.23. The molecule has 0 heterocycles. The molecule has 4 nitrogen and oxygen atoms in total. The van der Waals surface area contributed by atoms with Gasteiger partial charge < -0.3 is 15.7 Å². The van der Waals surface area contributed by atoms with Crippen molar-refractivity contribution in [2.45, 2.75) is 51.2 Å². The molecule has 0 spiro atoms. The summed E-state index contributed by atoms with van der Waals surface area (Å²) in [7, 11) is 0. The van der Waals surface area contributed by atoms with Crippen LogP contribution in [0.2, 0.25) is 0 Å². The second-order valence-electron chi connectivity index (χ2n) is 6.17. The molecule has 0 radical (unpaired) electrons. The topological polar surface area (TPSA) is 61.4 Å². The maximum atomic E-state index is 11.8. The lowest BCUT2D eigenvalue weighted by Crippen LogP contribution is -2.46. The standard InChI is InChI=1S/C17H26N2O2/c1-13-6-5-9-15(10-13)19-17(21)18-12-16(20)11-14-7-3-2-4-8-14/h2-4,7-8,13,15-16,20H,5-6,9-12H2,1H3,(H2,18,19,21). The molecule has 0 saturated heterocycles. The Morgan fingerprint density at radius 2 is 2.10 bits per heavy atom. The summed E-state index contributed by atoms with van der Waals surface area (Å²) in [6.45, 7) is 2.51. The van der Waals surface area contributed by atoms with Gasteiger partial charge in [0, 0.05) is 19.0 Å². The van der Waals surface area contributed by atoms with Gasteiger partial charge in [-0.2, -0.15) is 0 Å². The zero-order chi connectivity index (χ0) is 15.1. The molecule has 2 amide bonds. The molecule has 1 fully saturated rings. The fourth-order valence-electron chi connectivity index (χ4n) is 2.97. The predicted octanol–water partition coefficient (Wildman–Crippen LogP) is 2.47. The number of carbonyl (C=O) groups is 1. The van der Waals surface area contributed by atoms with Gasteiger partial charge in [-0.25, -0.2) is 4.79 Å². The van der Waals surface area contributed by atoms with Gasteiger partial charge in [-0.3, -0.25) is 0 Å². The summed E-state index contributed by atoms with van der Waals surface area (Å²) in [5.41, 5.74) is 1.08. The summed E-state index contributed by atoms with van der Waals surface area (Å²) in [6.07, 6.45) is 4.56. The van der Waals surface area contributed by atoms with Crippen molar-refractivity contribution < 1.29 is 9.90 Å². The van der Waals surface area contributed by atoms with Crippen molar-refractivity contribution >= 4 is 6.03 Å². The first-order valence-electron chi connectivity index (χ1n) is 7.90. The lowest BCUT2D eigenvalue weighted by molar-refractivity contribution is 0.169. The van der Waals surface area contributed by atoms with Gasteiger partial charge in [0.1, 0.15) is 0 Å². The molecule has 116 valence electrons. The Balaban J connectivity index is 1.66. The van der Waals surface area contributed by atoms with Gasteiger partial charge in [0.2, 0.25) is 0 Å². The Morgan fingerprint density at radius 1 is 1.33 bits per heavy atom. The minimum atomic E-state index is -0.552. The largest absolute Gasteiger partial charge is 0.391 e. The Bertz CT molecular complexity index is 436. The van der Waals surface area contributed by atoms with Crippen molar-refractivity contribution in [2.75, 3.05) is 6.54 Å². The Hall–Kier alpha value is -1.55. The third-order valence-corrected chi connectivity index (χ3v) is 4.08. The average Bonchev–Trinajstić information content (AvgIpc) is 2.46. The van der Waals surface area contributed by atoms with Crippen molar-refractivity contribution in [1.82, 2.24) is 10.6 Å². The lowest BCUT2D eigenvalue weighted by atomic mass is 9.87. The van der Waals surface area contributed by atoms with Crippen LogP contribution in [0.4, 0.5) is 4.79 Å². The van der Waals surface area contributed by atoms with Crippen LogP contribution in [0.25, 0.3) is 0 Å². The zero-order valence-electron chi connectivity index (χ0n) is 12.7. The van der Waals surface area contributed by atoms with E-state index in [1.165, 1.54) is 12.8 Å². The van der Waals surface area contributed by atoms with Crippen molar-refractivity contribution in [1.29, 1.82) is 0 Å². The van der Waals surface area contributed by atoms with Crippen molar-refractivity contribution in [3.8, 4) is 0 Å². The molecule has 4 heteroatoms. The Labute approximate surface area is 126 Å². The zero-order valence-corrected chi connectivity index (χ0v) is 12.7. The van der Waals surface area contributed by atoms with E-state index in [1.807, 2.05) is 30.3 Å². The molecular formula is C17H26N2O2. The maximum absolute atomic E-state index is 11.8. The fourth-order valence-corrected chi connectivity index (χ4v) is 2.97. The third kappa shape index (κ3) is 5.76. The maximum Gasteiger partial charge on any atom is 0.315 e. The molecule has 1 aromatic carbocycles. The molecule has 3 atom stereocenters. The van der Waals surface area contributed by atoms with Crippen LogP contribution in [0.5, 0.6) is 0 Å². The van der Waals surface area contributed by atoms with Crippen LogP contribution in [0.1, 0.15) is 38.2 Å². The molecule has 1 aromatic rings. The molecule has 0 aliphatic heterocycles. The first kappa shape index (κ1) is 15.8. The van der Waals surface area contributed by atoms with Gasteiger partial charge >= 0.3 is 6.03 Å². The molecular weight excluding hydrogens is 264 g/mol. The molecule has 3 unspecified atom stereocenters. The first-order valence-corrected chi connectivity index (χ1v) is 7.90.